The minimum absolute atomic E-state index is 0.00291. The molecule has 0 spiro atoms. The number of nitrogens with one attached hydrogen (secondary N) is 4. The van der Waals surface area contributed by atoms with Crippen molar-refractivity contribution in [2.24, 2.45) is 0 Å². The van der Waals surface area contributed by atoms with Crippen molar-refractivity contribution < 1.29 is 18.8 Å². The number of halogens is 1. The Hall–Kier alpha value is -3.08. The molecule has 1 saturated heterocycles. The predicted octanol–water partition coefficient (Wildman–Crippen LogP) is 3.56. The van der Waals surface area contributed by atoms with Gasteiger partial charge in [-0.15, -0.1) is 0 Å². The van der Waals surface area contributed by atoms with Crippen molar-refractivity contribution in [2.45, 2.75) is 39.0 Å². The van der Waals surface area contributed by atoms with Crippen molar-refractivity contribution in [3.05, 3.63) is 65.0 Å². The first kappa shape index (κ1) is 26.5. The largest absolute Gasteiger partial charge is 0.377 e. The van der Waals surface area contributed by atoms with Crippen LogP contribution in [-0.4, -0.2) is 48.1 Å². The SMILES string of the molecule is CCc1cc(NC(=O)c2ccccc2F)ccc1C(=O)NNC(=S)ONCCCN1CCCCC1. The zero-order chi connectivity index (χ0) is 25.0. The maximum Gasteiger partial charge on any atom is 0.296 e. The molecule has 2 amide bonds. The number of likely N-dealkylation sites (tertiary alicyclic amines) is 1. The van der Waals surface area contributed by atoms with E-state index in [9.17, 15) is 14.0 Å². The normalized spacial score (nSPS) is 13.7. The van der Waals surface area contributed by atoms with Gasteiger partial charge in [0.15, 0.2) is 0 Å². The van der Waals surface area contributed by atoms with E-state index in [1.807, 2.05) is 6.92 Å². The lowest BCUT2D eigenvalue weighted by Gasteiger charge is -2.26. The Morgan fingerprint density at radius 1 is 1.03 bits per heavy atom. The Morgan fingerprint density at radius 3 is 2.54 bits per heavy atom. The maximum absolute atomic E-state index is 13.9. The molecule has 8 nitrogen and oxygen atoms in total. The van der Waals surface area contributed by atoms with Crippen LogP contribution >= 0.6 is 12.2 Å². The number of piperidine rings is 1. The Morgan fingerprint density at radius 2 is 1.80 bits per heavy atom. The van der Waals surface area contributed by atoms with Gasteiger partial charge in [0.25, 0.3) is 17.0 Å². The number of carbonyl (C=O) groups is 2. The quantitative estimate of drug-likeness (QED) is 0.237. The third kappa shape index (κ3) is 8.27. The van der Waals surface area contributed by atoms with E-state index < -0.39 is 17.6 Å². The van der Waals surface area contributed by atoms with Crippen molar-refractivity contribution in [1.82, 2.24) is 21.2 Å². The number of hydrogen-bond acceptors (Lipinski definition) is 6. The van der Waals surface area contributed by atoms with Gasteiger partial charge in [0.2, 0.25) is 0 Å². The summed E-state index contributed by atoms with van der Waals surface area (Å²) in [6, 6.07) is 10.6. The molecule has 4 N–H and O–H groups in total. The first-order chi connectivity index (χ1) is 17.0. The van der Waals surface area contributed by atoms with E-state index in [0.29, 0.717) is 29.8 Å². The monoisotopic (exact) mass is 501 g/mol. The molecule has 0 saturated carbocycles. The summed E-state index contributed by atoms with van der Waals surface area (Å²) >= 11 is 5.08. The molecule has 1 heterocycles. The highest BCUT2D eigenvalue weighted by atomic mass is 32.1. The van der Waals surface area contributed by atoms with Gasteiger partial charge in [-0.2, -0.15) is 5.48 Å². The molecule has 1 aliphatic heterocycles. The van der Waals surface area contributed by atoms with E-state index in [4.69, 9.17) is 17.1 Å². The highest BCUT2D eigenvalue weighted by molar-refractivity contribution is 7.80. The van der Waals surface area contributed by atoms with Crippen LogP contribution in [0.2, 0.25) is 0 Å². The minimum Gasteiger partial charge on any atom is -0.377 e. The molecular weight excluding hydrogens is 469 g/mol. The summed E-state index contributed by atoms with van der Waals surface area (Å²) in [7, 11) is 0. The molecule has 10 heteroatoms. The maximum atomic E-state index is 13.9. The first-order valence-corrected chi connectivity index (χ1v) is 12.3. The second kappa shape index (κ2) is 13.7. The van der Waals surface area contributed by atoms with Crippen molar-refractivity contribution in [1.29, 1.82) is 0 Å². The summed E-state index contributed by atoms with van der Waals surface area (Å²) in [4.78, 5) is 32.7. The number of hydrazine groups is 1. The van der Waals surface area contributed by atoms with Crippen LogP contribution in [-0.2, 0) is 11.3 Å². The number of nitrogens with zero attached hydrogens (tertiary/aromatic N) is 1. The first-order valence-electron chi connectivity index (χ1n) is 11.9. The second-order valence-electron chi connectivity index (χ2n) is 8.28. The number of amides is 2. The molecule has 0 aromatic heterocycles. The lowest BCUT2D eigenvalue weighted by molar-refractivity contribution is 0.0930. The van der Waals surface area contributed by atoms with Crippen LogP contribution in [0, 0.1) is 5.82 Å². The number of anilines is 1. The molecule has 35 heavy (non-hydrogen) atoms. The van der Waals surface area contributed by atoms with Gasteiger partial charge in [-0.3, -0.25) is 20.4 Å². The summed E-state index contributed by atoms with van der Waals surface area (Å²) < 4.78 is 13.9. The minimum atomic E-state index is -0.600. The second-order valence-corrected chi connectivity index (χ2v) is 8.65. The fraction of sp³-hybridized carbons (Fsp3) is 0.400. The van der Waals surface area contributed by atoms with Crippen LogP contribution < -0.4 is 21.6 Å². The summed E-state index contributed by atoms with van der Waals surface area (Å²) in [5, 5.41) is 2.67. The average molecular weight is 502 g/mol. The zero-order valence-corrected chi connectivity index (χ0v) is 20.7. The van der Waals surface area contributed by atoms with Crippen LogP contribution in [0.1, 0.15) is 58.9 Å². The lowest BCUT2D eigenvalue weighted by atomic mass is 10.0. The van der Waals surface area contributed by atoms with E-state index in [2.05, 4.69) is 26.5 Å². The molecule has 1 fully saturated rings. The molecular formula is C25H32FN5O3S. The molecule has 0 radical (unpaired) electrons. The smallest absolute Gasteiger partial charge is 0.296 e. The van der Waals surface area contributed by atoms with Crippen molar-refractivity contribution in [2.75, 3.05) is 31.5 Å². The fourth-order valence-corrected chi connectivity index (χ4v) is 4.01. The summed E-state index contributed by atoms with van der Waals surface area (Å²) in [6.45, 7) is 5.87. The Bertz CT molecular complexity index is 1030. The van der Waals surface area contributed by atoms with Crippen LogP contribution in [0.15, 0.2) is 42.5 Å². The number of aryl methyl sites for hydroxylation is 1. The molecule has 1 aliphatic rings. The van der Waals surface area contributed by atoms with Crippen molar-refractivity contribution in [3.63, 3.8) is 0 Å². The highest BCUT2D eigenvalue weighted by Gasteiger charge is 2.15. The van der Waals surface area contributed by atoms with Gasteiger partial charge >= 0.3 is 0 Å². The van der Waals surface area contributed by atoms with Gasteiger partial charge in [0.05, 0.1) is 5.56 Å². The van der Waals surface area contributed by atoms with E-state index in [0.717, 1.165) is 26.1 Å². The molecule has 188 valence electrons. The standard InChI is InChI=1S/C25H32FN5O3S/c1-2-18-17-19(28-23(32)21-9-4-5-10-22(21)26)11-12-20(18)24(33)29-30-25(35)34-27-13-8-16-31-14-6-3-7-15-31/h4-5,9-12,17,27H,2-3,6-8,13-16H2,1H3,(H,28,32)(H,29,33)(H,30,35). The molecule has 0 atom stereocenters. The van der Waals surface area contributed by atoms with Crippen LogP contribution in [0.5, 0.6) is 0 Å². The topological polar surface area (TPSA) is 94.7 Å². The zero-order valence-electron chi connectivity index (χ0n) is 19.9. The number of carbonyl (C=O) groups excluding carboxylic acids is 2. The molecule has 2 aromatic carbocycles. The molecule has 0 bridgehead atoms. The third-order valence-electron chi connectivity index (χ3n) is 5.75. The van der Waals surface area contributed by atoms with Crippen LogP contribution in [0.25, 0.3) is 0 Å². The molecule has 3 rings (SSSR count). The molecule has 2 aromatic rings. The van der Waals surface area contributed by atoms with Gasteiger partial charge < -0.3 is 15.1 Å². The molecule has 0 unspecified atom stereocenters. The van der Waals surface area contributed by atoms with E-state index in [1.165, 1.54) is 37.5 Å². The van der Waals surface area contributed by atoms with E-state index in [-0.39, 0.29) is 10.7 Å². The number of hydrogen-bond donors (Lipinski definition) is 4. The van der Waals surface area contributed by atoms with Crippen LogP contribution in [0.4, 0.5) is 10.1 Å². The van der Waals surface area contributed by atoms with E-state index in [1.54, 1.807) is 24.3 Å². The Balaban J connectivity index is 1.43. The predicted molar refractivity (Wildman–Crippen MR) is 137 cm³/mol. The van der Waals surface area contributed by atoms with Gasteiger partial charge in [0, 0.05) is 17.8 Å². The number of hydroxylamine groups is 1. The van der Waals surface area contributed by atoms with Gasteiger partial charge in [-0.1, -0.05) is 25.5 Å². The Kier molecular flexibility index (Phi) is 10.4. The van der Waals surface area contributed by atoms with Gasteiger partial charge in [-0.05, 0) is 93.4 Å². The summed E-state index contributed by atoms with van der Waals surface area (Å²) in [5.74, 6) is -1.56. The Labute approximate surface area is 210 Å². The number of thiocarbonyl (C=S) groups is 1. The lowest BCUT2D eigenvalue weighted by Crippen LogP contribution is -2.44. The van der Waals surface area contributed by atoms with Crippen molar-refractivity contribution >= 4 is 34.9 Å². The van der Waals surface area contributed by atoms with Crippen molar-refractivity contribution in [3.8, 4) is 0 Å². The highest BCUT2D eigenvalue weighted by Crippen LogP contribution is 2.18. The number of benzene rings is 2. The summed E-state index contributed by atoms with van der Waals surface area (Å²) in [5.41, 5.74) is 9.44. The average Bonchev–Trinajstić information content (AvgIpc) is 2.87. The fourth-order valence-electron chi connectivity index (χ4n) is 3.90. The van der Waals surface area contributed by atoms with Gasteiger partial charge in [-0.25, -0.2) is 4.39 Å². The van der Waals surface area contributed by atoms with Gasteiger partial charge in [0.1, 0.15) is 5.82 Å². The third-order valence-corrected chi connectivity index (χ3v) is 5.94. The van der Waals surface area contributed by atoms with Crippen LogP contribution in [0.3, 0.4) is 0 Å². The number of rotatable bonds is 9. The van der Waals surface area contributed by atoms with E-state index >= 15 is 0 Å². The summed E-state index contributed by atoms with van der Waals surface area (Å²) in [6.07, 6.45) is 5.34. The molecule has 0 aliphatic carbocycles.